The van der Waals surface area contributed by atoms with E-state index in [1.165, 1.54) is 0 Å². The van der Waals surface area contributed by atoms with E-state index in [1.54, 1.807) is 6.20 Å². The Kier molecular flexibility index (Phi) is 6.04. The Morgan fingerprint density at radius 2 is 2.24 bits per heavy atom. The molecule has 0 spiro atoms. The number of imidazole rings is 1. The van der Waals surface area contributed by atoms with Crippen LogP contribution in [0.25, 0.3) is 0 Å². The Hall–Kier alpha value is -1.56. The van der Waals surface area contributed by atoms with Gasteiger partial charge in [-0.1, -0.05) is 12.8 Å². The zero-order valence-electron chi connectivity index (χ0n) is 12.7. The Balaban J connectivity index is 1.56. The number of rotatable bonds is 6. The summed E-state index contributed by atoms with van der Waals surface area (Å²) in [5.41, 5.74) is 0. The molecule has 0 saturated heterocycles. The number of unbranched alkanes of at least 4 members (excludes halogenated alkanes) is 1. The van der Waals surface area contributed by atoms with Crippen LogP contribution in [-0.4, -0.2) is 39.4 Å². The molecule has 1 aliphatic rings. The maximum Gasteiger partial charge on any atom is 0.315 e. The topological polar surface area (TPSA) is 79.2 Å². The summed E-state index contributed by atoms with van der Waals surface area (Å²) in [6, 6.07) is -0.257. The van der Waals surface area contributed by atoms with Crippen molar-refractivity contribution in [1.29, 1.82) is 0 Å². The molecule has 1 aliphatic carbocycles. The smallest absolute Gasteiger partial charge is 0.315 e. The molecule has 0 radical (unpaired) electrons. The number of hydrogen-bond acceptors (Lipinski definition) is 3. The van der Waals surface area contributed by atoms with Crippen molar-refractivity contribution in [1.82, 2.24) is 20.2 Å². The Bertz CT molecular complexity index is 447. The molecule has 21 heavy (non-hydrogen) atoms. The lowest BCUT2D eigenvalue weighted by Crippen LogP contribution is -2.49. The molecule has 0 aliphatic heterocycles. The van der Waals surface area contributed by atoms with Crippen LogP contribution < -0.4 is 10.6 Å². The quantitative estimate of drug-likeness (QED) is 0.697. The Labute approximate surface area is 125 Å². The first-order valence-corrected chi connectivity index (χ1v) is 7.87. The standard InChI is InChI=1S/C15H26N4O2/c1-12-16-9-11-19(12)10-5-4-8-17-15(21)18-13-6-2-3-7-14(13)20/h9,11,13-14,20H,2-8,10H2,1H3,(H2,17,18,21). The van der Waals surface area contributed by atoms with E-state index in [4.69, 9.17) is 0 Å². The van der Waals surface area contributed by atoms with Gasteiger partial charge in [0, 0.05) is 25.5 Å². The fourth-order valence-electron chi connectivity index (χ4n) is 2.75. The van der Waals surface area contributed by atoms with Crippen LogP contribution >= 0.6 is 0 Å². The minimum atomic E-state index is -0.395. The van der Waals surface area contributed by atoms with E-state index >= 15 is 0 Å². The van der Waals surface area contributed by atoms with Crippen molar-refractivity contribution in [3.05, 3.63) is 18.2 Å². The van der Waals surface area contributed by atoms with E-state index in [9.17, 15) is 9.90 Å². The van der Waals surface area contributed by atoms with E-state index in [1.807, 2.05) is 13.1 Å². The molecule has 118 valence electrons. The van der Waals surface area contributed by atoms with Crippen molar-refractivity contribution in [2.24, 2.45) is 0 Å². The third-order valence-electron chi connectivity index (χ3n) is 4.08. The summed E-state index contributed by atoms with van der Waals surface area (Å²) in [6.07, 6.45) is 9.09. The minimum absolute atomic E-state index is 0.0904. The molecule has 6 heteroatoms. The zero-order valence-corrected chi connectivity index (χ0v) is 12.7. The molecule has 2 atom stereocenters. The van der Waals surface area contributed by atoms with E-state index in [2.05, 4.69) is 20.2 Å². The molecule has 1 fully saturated rings. The number of hydrogen-bond donors (Lipinski definition) is 3. The number of carbonyl (C=O) groups is 1. The number of carbonyl (C=O) groups excluding carboxylic acids is 1. The summed E-state index contributed by atoms with van der Waals surface area (Å²) in [5, 5.41) is 15.5. The summed E-state index contributed by atoms with van der Waals surface area (Å²) >= 11 is 0. The molecule has 3 N–H and O–H groups in total. The molecule has 1 heterocycles. The van der Waals surface area contributed by atoms with Gasteiger partial charge in [0.25, 0.3) is 0 Å². The monoisotopic (exact) mass is 294 g/mol. The van der Waals surface area contributed by atoms with Crippen LogP contribution in [0.15, 0.2) is 12.4 Å². The van der Waals surface area contributed by atoms with Crippen molar-refractivity contribution in [3.63, 3.8) is 0 Å². The normalized spacial score (nSPS) is 22.0. The van der Waals surface area contributed by atoms with Crippen LogP contribution in [-0.2, 0) is 6.54 Å². The minimum Gasteiger partial charge on any atom is -0.391 e. The van der Waals surface area contributed by atoms with Crippen LogP contribution in [0.3, 0.4) is 0 Å². The molecule has 1 aromatic rings. The summed E-state index contributed by atoms with van der Waals surface area (Å²) in [5.74, 6) is 1.02. The Morgan fingerprint density at radius 1 is 1.43 bits per heavy atom. The van der Waals surface area contributed by atoms with Crippen molar-refractivity contribution in [3.8, 4) is 0 Å². The summed E-state index contributed by atoms with van der Waals surface area (Å²) in [6.45, 7) is 3.57. The predicted molar refractivity (Wildman–Crippen MR) is 81.0 cm³/mol. The number of aromatic nitrogens is 2. The fourth-order valence-corrected chi connectivity index (χ4v) is 2.75. The maximum atomic E-state index is 11.8. The molecule has 1 saturated carbocycles. The number of aliphatic hydroxyl groups is 1. The second-order valence-electron chi connectivity index (χ2n) is 5.73. The van der Waals surface area contributed by atoms with Gasteiger partial charge in [0.1, 0.15) is 5.82 Å². The van der Waals surface area contributed by atoms with E-state index in [0.717, 1.165) is 50.9 Å². The lowest BCUT2D eigenvalue weighted by molar-refractivity contribution is 0.0943. The Morgan fingerprint density at radius 3 is 2.95 bits per heavy atom. The van der Waals surface area contributed by atoms with Crippen molar-refractivity contribution < 1.29 is 9.90 Å². The van der Waals surface area contributed by atoms with Crippen molar-refractivity contribution in [2.75, 3.05) is 6.54 Å². The first-order chi connectivity index (χ1) is 10.2. The SMILES string of the molecule is Cc1nccn1CCCCNC(=O)NC1CCCCC1O. The lowest BCUT2D eigenvalue weighted by atomic mass is 9.93. The third kappa shape index (κ3) is 5.04. The van der Waals surface area contributed by atoms with Crippen molar-refractivity contribution in [2.45, 2.75) is 64.1 Å². The second-order valence-corrected chi connectivity index (χ2v) is 5.73. The van der Waals surface area contributed by atoms with Gasteiger partial charge in [-0.25, -0.2) is 9.78 Å². The highest BCUT2D eigenvalue weighted by molar-refractivity contribution is 5.74. The maximum absolute atomic E-state index is 11.8. The summed E-state index contributed by atoms with van der Waals surface area (Å²) in [4.78, 5) is 15.9. The van der Waals surface area contributed by atoms with Crippen LogP contribution in [0.1, 0.15) is 44.3 Å². The van der Waals surface area contributed by atoms with E-state index in [0.29, 0.717) is 6.54 Å². The summed E-state index contributed by atoms with van der Waals surface area (Å²) in [7, 11) is 0. The third-order valence-corrected chi connectivity index (χ3v) is 4.08. The number of nitrogens with zero attached hydrogens (tertiary/aromatic N) is 2. The van der Waals surface area contributed by atoms with Crippen LogP contribution in [0, 0.1) is 6.92 Å². The summed E-state index contributed by atoms with van der Waals surface area (Å²) < 4.78 is 2.11. The molecule has 6 nitrogen and oxygen atoms in total. The lowest BCUT2D eigenvalue weighted by Gasteiger charge is -2.28. The number of aliphatic hydroxyl groups excluding tert-OH is 1. The number of amides is 2. The number of urea groups is 1. The molecule has 0 bridgehead atoms. The fraction of sp³-hybridized carbons (Fsp3) is 0.733. The van der Waals surface area contributed by atoms with Gasteiger partial charge in [0.05, 0.1) is 12.1 Å². The van der Waals surface area contributed by atoms with Gasteiger partial charge in [-0.15, -0.1) is 0 Å². The van der Waals surface area contributed by atoms with Gasteiger partial charge >= 0.3 is 6.03 Å². The highest BCUT2D eigenvalue weighted by Gasteiger charge is 2.24. The molecular formula is C15H26N4O2. The average molecular weight is 294 g/mol. The van der Waals surface area contributed by atoms with Gasteiger partial charge in [0.15, 0.2) is 0 Å². The largest absolute Gasteiger partial charge is 0.391 e. The molecule has 1 aromatic heterocycles. The molecule has 2 amide bonds. The molecule has 2 unspecified atom stereocenters. The molecule has 0 aromatic carbocycles. The van der Waals surface area contributed by atoms with Crippen LogP contribution in [0.4, 0.5) is 4.79 Å². The van der Waals surface area contributed by atoms with Crippen molar-refractivity contribution >= 4 is 6.03 Å². The van der Waals surface area contributed by atoms with Gasteiger partial charge in [-0.3, -0.25) is 0 Å². The highest BCUT2D eigenvalue weighted by atomic mass is 16.3. The van der Waals surface area contributed by atoms with Gasteiger partial charge < -0.3 is 20.3 Å². The predicted octanol–water partition coefficient (Wildman–Crippen LogP) is 1.57. The number of nitrogens with one attached hydrogen (secondary N) is 2. The molecular weight excluding hydrogens is 268 g/mol. The van der Waals surface area contributed by atoms with Crippen LogP contribution in [0.5, 0.6) is 0 Å². The van der Waals surface area contributed by atoms with Crippen LogP contribution in [0.2, 0.25) is 0 Å². The highest BCUT2D eigenvalue weighted by Crippen LogP contribution is 2.18. The van der Waals surface area contributed by atoms with Gasteiger partial charge in [-0.2, -0.15) is 0 Å². The zero-order chi connectivity index (χ0) is 15.1. The first kappa shape index (κ1) is 15.8. The van der Waals surface area contributed by atoms with Gasteiger partial charge in [-0.05, 0) is 32.6 Å². The van der Waals surface area contributed by atoms with Gasteiger partial charge in [0.2, 0.25) is 0 Å². The number of aryl methyl sites for hydroxylation is 2. The molecule has 2 rings (SSSR count). The average Bonchev–Trinajstić information content (AvgIpc) is 2.87. The second kappa shape index (κ2) is 8.02. The van der Waals surface area contributed by atoms with E-state index < -0.39 is 6.10 Å². The van der Waals surface area contributed by atoms with E-state index in [-0.39, 0.29) is 12.1 Å². The first-order valence-electron chi connectivity index (χ1n) is 7.87.